The first kappa shape index (κ1) is 13.3. The van der Waals surface area contributed by atoms with Crippen LogP contribution in [0.25, 0.3) is 0 Å². The molecule has 2 atom stereocenters. The van der Waals surface area contributed by atoms with Crippen LogP contribution in [0.2, 0.25) is 0 Å². The van der Waals surface area contributed by atoms with Crippen molar-refractivity contribution >= 4 is 11.9 Å². The molecule has 102 valence electrons. The summed E-state index contributed by atoms with van der Waals surface area (Å²) in [5.74, 6) is -0.411. The average Bonchev–Trinajstić information content (AvgIpc) is 3.07. The Morgan fingerprint density at radius 1 is 0.944 bits per heavy atom. The van der Waals surface area contributed by atoms with E-state index in [4.69, 9.17) is 14.2 Å². The van der Waals surface area contributed by atoms with Gasteiger partial charge in [0.15, 0.2) is 0 Å². The lowest BCUT2D eigenvalue weighted by molar-refractivity contribution is -0.152. The van der Waals surface area contributed by atoms with Crippen LogP contribution in [0, 0.1) is 5.41 Å². The number of ether oxygens (including phenoxy) is 3. The Morgan fingerprint density at radius 2 is 1.39 bits per heavy atom. The molecule has 0 saturated carbocycles. The molecule has 2 aliphatic rings. The minimum Gasteiger partial charge on any atom is -0.465 e. The van der Waals surface area contributed by atoms with Gasteiger partial charge in [0.2, 0.25) is 0 Å². The van der Waals surface area contributed by atoms with Gasteiger partial charge >= 0.3 is 11.9 Å². The van der Waals surface area contributed by atoms with Crippen molar-refractivity contribution in [2.24, 2.45) is 5.41 Å². The van der Waals surface area contributed by atoms with Gasteiger partial charge in [0, 0.05) is 18.3 Å². The van der Waals surface area contributed by atoms with Gasteiger partial charge in [-0.25, -0.2) is 0 Å². The van der Waals surface area contributed by atoms with Gasteiger partial charge in [0.1, 0.15) is 0 Å². The summed E-state index contributed by atoms with van der Waals surface area (Å²) < 4.78 is 15.8. The monoisotopic (exact) mass is 256 g/mol. The zero-order valence-corrected chi connectivity index (χ0v) is 10.9. The fraction of sp³-hybridized carbons (Fsp3) is 0.846. The maximum atomic E-state index is 11.5. The van der Waals surface area contributed by atoms with Gasteiger partial charge in [-0.2, -0.15) is 0 Å². The fourth-order valence-corrected chi connectivity index (χ4v) is 1.94. The van der Waals surface area contributed by atoms with Crippen molar-refractivity contribution in [3.63, 3.8) is 0 Å². The van der Waals surface area contributed by atoms with Crippen LogP contribution in [0.15, 0.2) is 0 Å². The van der Waals surface area contributed by atoms with Crippen LogP contribution in [-0.4, -0.2) is 37.4 Å². The van der Waals surface area contributed by atoms with E-state index in [1.807, 2.05) is 13.8 Å². The van der Waals surface area contributed by atoms with Crippen LogP contribution >= 0.6 is 0 Å². The summed E-state index contributed by atoms with van der Waals surface area (Å²) >= 11 is 0. The molecule has 18 heavy (non-hydrogen) atoms. The summed E-state index contributed by atoms with van der Waals surface area (Å²) in [5, 5.41) is 0. The molecule has 0 amide bonds. The predicted octanol–water partition coefficient (Wildman–Crippen LogP) is 1.44. The van der Waals surface area contributed by atoms with Crippen LogP contribution in [-0.2, 0) is 23.8 Å². The normalized spacial score (nSPS) is 33.0. The number of rotatable bonds is 0. The lowest BCUT2D eigenvalue weighted by atomic mass is 9.96. The number of hydrogen-bond donors (Lipinski definition) is 0. The average molecular weight is 256 g/mol. The second-order valence-electron chi connectivity index (χ2n) is 5.78. The maximum absolute atomic E-state index is 11.5. The summed E-state index contributed by atoms with van der Waals surface area (Å²) in [6, 6.07) is 0. The molecular formula is C13H20O5. The highest BCUT2D eigenvalue weighted by atomic mass is 16.6. The quantitative estimate of drug-likeness (QED) is 0.484. The number of cyclic esters (lactones) is 2. The molecule has 0 radical (unpaired) electrons. The zero-order chi connectivity index (χ0) is 13.2. The van der Waals surface area contributed by atoms with Gasteiger partial charge < -0.3 is 14.2 Å². The van der Waals surface area contributed by atoms with Crippen LogP contribution < -0.4 is 0 Å². The van der Waals surface area contributed by atoms with Gasteiger partial charge in [-0.05, 0) is 12.8 Å². The summed E-state index contributed by atoms with van der Waals surface area (Å²) in [7, 11) is 0. The number of epoxide rings is 1. The molecule has 2 fully saturated rings. The van der Waals surface area contributed by atoms with Crippen LogP contribution in [0.5, 0.6) is 0 Å². The molecule has 5 nitrogen and oxygen atoms in total. The minimum absolute atomic E-state index is 0.110. The number of carbonyl (C=O) groups excluding carboxylic acids is 2. The Morgan fingerprint density at radius 3 is 1.83 bits per heavy atom. The number of carbonyl (C=O) groups is 2. The molecule has 0 spiro atoms. The molecule has 0 bridgehead atoms. The molecule has 0 aromatic carbocycles. The highest BCUT2D eigenvalue weighted by molar-refractivity contribution is 5.70. The summed E-state index contributed by atoms with van der Waals surface area (Å²) in [4.78, 5) is 23.0. The topological polar surface area (TPSA) is 65.1 Å². The van der Waals surface area contributed by atoms with E-state index in [-0.39, 0.29) is 42.8 Å². The van der Waals surface area contributed by atoms with Crippen molar-refractivity contribution in [1.82, 2.24) is 0 Å². The molecule has 0 N–H and O–H groups in total. The maximum Gasteiger partial charge on any atom is 0.305 e. The second kappa shape index (κ2) is 5.26. The smallest absolute Gasteiger partial charge is 0.305 e. The third kappa shape index (κ3) is 3.98. The van der Waals surface area contributed by atoms with E-state index in [1.54, 1.807) is 0 Å². The Kier molecular flexibility index (Phi) is 3.90. The van der Waals surface area contributed by atoms with Crippen molar-refractivity contribution in [3.8, 4) is 0 Å². The van der Waals surface area contributed by atoms with E-state index in [0.29, 0.717) is 25.7 Å². The number of esters is 2. The third-order valence-corrected chi connectivity index (χ3v) is 3.20. The molecule has 2 saturated heterocycles. The van der Waals surface area contributed by atoms with E-state index in [9.17, 15) is 9.59 Å². The lowest BCUT2D eigenvalue weighted by Crippen LogP contribution is -2.28. The third-order valence-electron chi connectivity index (χ3n) is 3.20. The van der Waals surface area contributed by atoms with Crippen molar-refractivity contribution in [2.45, 2.75) is 51.7 Å². The molecule has 0 aliphatic carbocycles. The largest absolute Gasteiger partial charge is 0.465 e. The molecule has 0 aromatic heterocycles. The molecule has 2 rings (SSSR count). The van der Waals surface area contributed by atoms with Gasteiger partial charge in [-0.3, -0.25) is 9.59 Å². The predicted molar refractivity (Wildman–Crippen MR) is 62.8 cm³/mol. The van der Waals surface area contributed by atoms with Gasteiger partial charge in [0.05, 0.1) is 25.4 Å². The summed E-state index contributed by atoms with van der Waals surface area (Å²) in [6.07, 6.45) is 2.34. The van der Waals surface area contributed by atoms with Gasteiger partial charge in [0.25, 0.3) is 0 Å². The molecule has 0 unspecified atom stereocenters. The molecule has 5 heteroatoms. The van der Waals surface area contributed by atoms with E-state index < -0.39 is 0 Å². The van der Waals surface area contributed by atoms with Crippen molar-refractivity contribution in [1.29, 1.82) is 0 Å². The first-order valence-electron chi connectivity index (χ1n) is 6.43. The van der Waals surface area contributed by atoms with Crippen LogP contribution in [0.4, 0.5) is 0 Å². The van der Waals surface area contributed by atoms with E-state index in [1.165, 1.54) is 0 Å². The number of hydrogen-bond acceptors (Lipinski definition) is 5. The van der Waals surface area contributed by atoms with Gasteiger partial charge in [-0.15, -0.1) is 0 Å². The van der Waals surface area contributed by atoms with Crippen LogP contribution in [0.3, 0.4) is 0 Å². The van der Waals surface area contributed by atoms with Crippen molar-refractivity contribution < 1.29 is 23.8 Å². The van der Waals surface area contributed by atoms with E-state index >= 15 is 0 Å². The lowest BCUT2D eigenvalue weighted by Gasteiger charge is -2.23. The first-order valence-corrected chi connectivity index (χ1v) is 6.43. The molecule has 2 heterocycles. The zero-order valence-electron chi connectivity index (χ0n) is 10.9. The van der Waals surface area contributed by atoms with Crippen molar-refractivity contribution in [2.75, 3.05) is 13.2 Å². The highest BCUT2D eigenvalue weighted by Gasteiger charge is 2.39. The summed E-state index contributed by atoms with van der Waals surface area (Å²) in [6.45, 7) is 4.36. The Balaban J connectivity index is 1.91. The fourth-order valence-electron chi connectivity index (χ4n) is 1.94. The second-order valence-corrected chi connectivity index (χ2v) is 5.78. The SMILES string of the molecule is CC1(C)COC(=O)CC[C@H]2O[C@@H]2CCC(=O)OC1. The minimum atomic E-state index is -0.335. The summed E-state index contributed by atoms with van der Waals surface area (Å²) in [5.41, 5.74) is -0.335. The van der Waals surface area contributed by atoms with E-state index in [2.05, 4.69) is 0 Å². The highest BCUT2D eigenvalue weighted by Crippen LogP contribution is 2.31. The molecular weight excluding hydrogens is 236 g/mol. The Bertz CT molecular complexity index is 306. The molecule has 0 aromatic rings. The standard InChI is InChI=1S/C13H20O5/c1-13(2)7-16-11(14)5-3-9-10(18-9)4-6-12(15)17-8-13/h9-10H,3-8H2,1-2H3/t9-,10-/m1/s1. The molecule has 2 aliphatic heterocycles. The van der Waals surface area contributed by atoms with Gasteiger partial charge in [-0.1, -0.05) is 13.8 Å². The van der Waals surface area contributed by atoms with Crippen LogP contribution in [0.1, 0.15) is 39.5 Å². The first-order chi connectivity index (χ1) is 8.46. The number of fused-ring (bicyclic) bond motifs is 1. The van der Waals surface area contributed by atoms with Crippen molar-refractivity contribution in [3.05, 3.63) is 0 Å². The Labute approximate surface area is 107 Å². The Hall–Kier alpha value is -1.10. The van der Waals surface area contributed by atoms with E-state index in [0.717, 1.165) is 0 Å².